The van der Waals surface area contributed by atoms with E-state index in [1.54, 1.807) is 37.3 Å². The quantitative estimate of drug-likeness (QED) is 0.824. The second-order valence-electron chi connectivity index (χ2n) is 4.55. The maximum absolute atomic E-state index is 12.1. The van der Waals surface area contributed by atoms with Crippen LogP contribution in [0, 0.1) is 0 Å². The lowest BCUT2D eigenvalue weighted by atomic mass is 10.2. The molecule has 2 aromatic rings. The third kappa shape index (κ3) is 4.39. The van der Waals surface area contributed by atoms with Gasteiger partial charge in [0.2, 0.25) is 0 Å². The molecule has 2 rings (SSSR count). The smallest absolute Gasteiger partial charge is 0.265 e. The van der Waals surface area contributed by atoms with E-state index in [9.17, 15) is 4.79 Å². The molecule has 0 aliphatic rings. The molecule has 0 saturated heterocycles. The van der Waals surface area contributed by atoms with Gasteiger partial charge in [-0.25, -0.2) is 0 Å². The summed E-state index contributed by atoms with van der Waals surface area (Å²) in [6.07, 6.45) is -0.637. The van der Waals surface area contributed by atoms with Crippen molar-refractivity contribution < 1.29 is 14.3 Å². The van der Waals surface area contributed by atoms with Crippen molar-refractivity contribution >= 4 is 39.1 Å². The van der Waals surface area contributed by atoms with E-state index in [0.717, 1.165) is 4.47 Å². The molecule has 0 unspecified atom stereocenters. The van der Waals surface area contributed by atoms with E-state index in [4.69, 9.17) is 21.1 Å². The standard InChI is InChI=1S/C16H15BrClNO3/c1-10(22-13-6-3-11(17)4-7-13)16(20)19-12-5-8-15(21-2)14(18)9-12/h3-10H,1-2H3,(H,19,20)/t10-/m0/s1. The van der Waals surface area contributed by atoms with Crippen molar-refractivity contribution in [1.29, 1.82) is 0 Å². The minimum atomic E-state index is -0.637. The third-order valence-electron chi connectivity index (χ3n) is 2.92. The predicted molar refractivity (Wildman–Crippen MR) is 90.9 cm³/mol. The third-order valence-corrected chi connectivity index (χ3v) is 3.74. The number of ether oxygens (including phenoxy) is 2. The van der Waals surface area contributed by atoms with E-state index < -0.39 is 6.10 Å². The molecule has 0 heterocycles. The average molecular weight is 385 g/mol. The highest BCUT2D eigenvalue weighted by Gasteiger charge is 2.15. The number of nitrogens with one attached hydrogen (secondary N) is 1. The Bertz CT molecular complexity index is 661. The van der Waals surface area contributed by atoms with E-state index >= 15 is 0 Å². The molecule has 0 spiro atoms. The molecule has 0 aliphatic heterocycles. The Hall–Kier alpha value is -1.72. The minimum Gasteiger partial charge on any atom is -0.495 e. The lowest BCUT2D eigenvalue weighted by Gasteiger charge is -2.15. The van der Waals surface area contributed by atoms with Crippen molar-refractivity contribution in [2.45, 2.75) is 13.0 Å². The fraction of sp³-hybridized carbons (Fsp3) is 0.188. The minimum absolute atomic E-state index is 0.260. The monoisotopic (exact) mass is 383 g/mol. The zero-order valence-electron chi connectivity index (χ0n) is 12.1. The molecule has 4 nitrogen and oxygen atoms in total. The molecule has 1 atom stereocenters. The Morgan fingerprint density at radius 2 is 1.91 bits per heavy atom. The van der Waals surface area contributed by atoms with Crippen LogP contribution in [0.25, 0.3) is 0 Å². The normalized spacial score (nSPS) is 11.6. The maximum atomic E-state index is 12.1. The highest BCUT2D eigenvalue weighted by atomic mass is 79.9. The largest absolute Gasteiger partial charge is 0.495 e. The number of rotatable bonds is 5. The molecule has 116 valence electrons. The van der Waals surface area contributed by atoms with Gasteiger partial charge >= 0.3 is 0 Å². The van der Waals surface area contributed by atoms with Gasteiger partial charge < -0.3 is 14.8 Å². The van der Waals surface area contributed by atoms with E-state index in [0.29, 0.717) is 22.2 Å². The van der Waals surface area contributed by atoms with Crippen LogP contribution < -0.4 is 14.8 Å². The van der Waals surface area contributed by atoms with Gasteiger partial charge in [-0.05, 0) is 49.4 Å². The van der Waals surface area contributed by atoms with Crippen LogP contribution >= 0.6 is 27.5 Å². The molecule has 0 fully saturated rings. The molecule has 0 saturated carbocycles. The first-order chi connectivity index (χ1) is 10.5. The highest BCUT2D eigenvalue weighted by molar-refractivity contribution is 9.10. The molecule has 0 aromatic heterocycles. The molecular formula is C16H15BrClNO3. The molecule has 0 bridgehead atoms. The summed E-state index contributed by atoms with van der Waals surface area (Å²) >= 11 is 9.37. The molecule has 6 heteroatoms. The van der Waals surface area contributed by atoms with Crippen LogP contribution in [-0.4, -0.2) is 19.1 Å². The Kier molecular flexibility index (Phi) is 5.69. The first-order valence-electron chi connectivity index (χ1n) is 6.56. The molecule has 22 heavy (non-hydrogen) atoms. The zero-order chi connectivity index (χ0) is 16.1. The Balaban J connectivity index is 1.99. The lowest BCUT2D eigenvalue weighted by molar-refractivity contribution is -0.122. The molecule has 0 radical (unpaired) electrons. The van der Waals surface area contributed by atoms with Crippen molar-refractivity contribution in [3.8, 4) is 11.5 Å². The SMILES string of the molecule is COc1ccc(NC(=O)[C@H](C)Oc2ccc(Br)cc2)cc1Cl. The summed E-state index contributed by atoms with van der Waals surface area (Å²) in [4.78, 5) is 12.1. The van der Waals surface area contributed by atoms with E-state index in [-0.39, 0.29) is 5.91 Å². The molecule has 2 aromatic carbocycles. The van der Waals surface area contributed by atoms with Crippen LogP contribution in [0.1, 0.15) is 6.92 Å². The summed E-state index contributed by atoms with van der Waals surface area (Å²) in [6.45, 7) is 1.68. The Labute approximate surface area is 142 Å². The number of carbonyl (C=O) groups excluding carboxylic acids is 1. The van der Waals surface area contributed by atoms with Crippen molar-refractivity contribution in [2.24, 2.45) is 0 Å². The average Bonchev–Trinajstić information content (AvgIpc) is 2.49. The number of carbonyl (C=O) groups is 1. The summed E-state index contributed by atoms with van der Waals surface area (Å²) in [7, 11) is 1.54. The molecular weight excluding hydrogens is 370 g/mol. The summed E-state index contributed by atoms with van der Waals surface area (Å²) < 4.78 is 11.6. The summed E-state index contributed by atoms with van der Waals surface area (Å²) in [5, 5.41) is 3.18. The summed E-state index contributed by atoms with van der Waals surface area (Å²) in [6, 6.07) is 12.3. The second kappa shape index (κ2) is 7.51. The van der Waals surface area contributed by atoms with Crippen molar-refractivity contribution in [3.05, 3.63) is 52.0 Å². The van der Waals surface area contributed by atoms with Crippen LogP contribution in [-0.2, 0) is 4.79 Å². The number of hydrogen-bond donors (Lipinski definition) is 1. The van der Waals surface area contributed by atoms with Gasteiger partial charge in [-0.15, -0.1) is 0 Å². The van der Waals surface area contributed by atoms with E-state index in [1.165, 1.54) is 7.11 Å². The first kappa shape index (κ1) is 16.6. The van der Waals surface area contributed by atoms with Crippen molar-refractivity contribution in [2.75, 3.05) is 12.4 Å². The number of methoxy groups -OCH3 is 1. The van der Waals surface area contributed by atoms with Crippen molar-refractivity contribution in [3.63, 3.8) is 0 Å². The van der Waals surface area contributed by atoms with Gasteiger partial charge in [0.05, 0.1) is 12.1 Å². The van der Waals surface area contributed by atoms with Crippen LogP contribution in [0.15, 0.2) is 46.9 Å². The predicted octanol–water partition coefficient (Wildman–Crippen LogP) is 4.52. The number of amides is 1. The number of benzene rings is 2. The van der Waals surface area contributed by atoms with Crippen LogP contribution in [0.4, 0.5) is 5.69 Å². The topological polar surface area (TPSA) is 47.6 Å². The van der Waals surface area contributed by atoms with Crippen molar-refractivity contribution in [1.82, 2.24) is 0 Å². The van der Waals surface area contributed by atoms with Crippen LogP contribution in [0.2, 0.25) is 5.02 Å². The van der Waals surface area contributed by atoms with E-state index in [1.807, 2.05) is 12.1 Å². The Morgan fingerprint density at radius 3 is 2.50 bits per heavy atom. The fourth-order valence-corrected chi connectivity index (χ4v) is 2.28. The van der Waals surface area contributed by atoms with Gasteiger partial charge in [-0.1, -0.05) is 27.5 Å². The van der Waals surface area contributed by atoms with Gasteiger partial charge in [0.25, 0.3) is 5.91 Å². The van der Waals surface area contributed by atoms with Crippen LogP contribution in [0.3, 0.4) is 0 Å². The maximum Gasteiger partial charge on any atom is 0.265 e. The summed E-state index contributed by atoms with van der Waals surface area (Å²) in [5.74, 6) is 0.918. The van der Waals surface area contributed by atoms with E-state index in [2.05, 4.69) is 21.2 Å². The molecule has 1 N–H and O–H groups in total. The zero-order valence-corrected chi connectivity index (χ0v) is 14.4. The molecule has 1 amide bonds. The van der Waals surface area contributed by atoms with Gasteiger partial charge in [0.15, 0.2) is 6.10 Å². The summed E-state index contributed by atoms with van der Waals surface area (Å²) in [5.41, 5.74) is 0.585. The van der Waals surface area contributed by atoms with Gasteiger partial charge in [-0.3, -0.25) is 4.79 Å². The van der Waals surface area contributed by atoms with Gasteiger partial charge in [-0.2, -0.15) is 0 Å². The number of anilines is 1. The van der Waals surface area contributed by atoms with Gasteiger partial charge in [0, 0.05) is 10.2 Å². The highest BCUT2D eigenvalue weighted by Crippen LogP contribution is 2.27. The molecule has 0 aliphatic carbocycles. The van der Waals surface area contributed by atoms with Gasteiger partial charge in [0.1, 0.15) is 11.5 Å². The Morgan fingerprint density at radius 1 is 1.23 bits per heavy atom. The second-order valence-corrected chi connectivity index (χ2v) is 5.88. The number of halogens is 2. The first-order valence-corrected chi connectivity index (χ1v) is 7.73. The number of hydrogen-bond acceptors (Lipinski definition) is 3. The fourth-order valence-electron chi connectivity index (χ4n) is 1.76. The van der Waals surface area contributed by atoms with Crippen LogP contribution in [0.5, 0.6) is 11.5 Å². The lowest BCUT2D eigenvalue weighted by Crippen LogP contribution is -2.30.